The molecule has 2 aromatic rings. The van der Waals surface area contributed by atoms with Gasteiger partial charge in [-0.25, -0.2) is 4.79 Å². The third-order valence-corrected chi connectivity index (χ3v) is 7.90. The minimum atomic E-state index is -1.54. The van der Waals surface area contributed by atoms with Gasteiger partial charge in [0, 0.05) is 23.5 Å². The van der Waals surface area contributed by atoms with Crippen molar-refractivity contribution in [2.75, 3.05) is 18.1 Å². The average molecular weight is 546 g/mol. The Morgan fingerprint density at radius 3 is 2.97 bits per heavy atom. The fraction of sp³-hybridized carbons (Fsp3) is 0.190. The maximum absolute atomic E-state index is 13.4. The van der Waals surface area contributed by atoms with Gasteiger partial charge in [-0.3, -0.25) is 19.5 Å². The van der Waals surface area contributed by atoms with Crippen LogP contribution in [-0.4, -0.2) is 70.4 Å². The van der Waals surface area contributed by atoms with E-state index in [-0.39, 0.29) is 29.0 Å². The summed E-state index contributed by atoms with van der Waals surface area (Å²) in [7, 11) is 0. The van der Waals surface area contributed by atoms with Crippen molar-refractivity contribution in [3.05, 3.63) is 65.8 Å². The molecule has 4 heterocycles. The number of carboxylic acid groups (broad SMARTS) is 1. The Morgan fingerprint density at radius 2 is 2.31 bits per heavy atom. The lowest BCUT2D eigenvalue weighted by atomic mass is 10.0. The Hall–Kier alpha value is -3.69. The fourth-order valence-electron chi connectivity index (χ4n) is 3.28. The van der Waals surface area contributed by atoms with Crippen molar-refractivity contribution in [1.29, 1.82) is 0 Å². The lowest BCUT2D eigenvalue weighted by molar-refractivity contribution is -0.152. The van der Waals surface area contributed by atoms with Crippen molar-refractivity contribution in [1.82, 2.24) is 24.6 Å². The van der Waals surface area contributed by atoms with E-state index in [0.717, 1.165) is 28.2 Å². The molecule has 15 heteroatoms. The number of nitrogens with two attached hydrogens (primary N) is 1. The van der Waals surface area contributed by atoms with Gasteiger partial charge in [0.2, 0.25) is 16.4 Å². The van der Waals surface area contributed by atoms with Crippen LogP contribution in [0.1, 0.15) is 11.5 Å². The second kappa shape index (κ2) is 10.9. The van der Waals surface area contributed by atoms with Gasteiger partial charge in [0.05, 0.1) is 5.69 Å². The number of amides is 2. The standard InChI is InChI=1S/C21H19N7O5S3/c1-2-9-33-26-14(15-24-20(22)36-27-15)16(29)25-21(35-11-6-12-5-3-4-8-23-12)18(32)28-13(17(30)31)7-10-34-19(21)28/h2-8,11,19H,1,9-10H2,(H,25,29)(H,30,31)(H2,22,24,27)/t19-,21?/m0/s1. The van der Waals surface area contributed by atoms with Crippen LogP contribution in [0.4, 0.5) is 5.13 Å². The van der Waals surface area contributed by atoms with E-state index in [1.54, 1.807) is 29.8 Å². The van der Waals surface area contributed by atoms with Crippen molar-refractivity contribution in [2.45, 2.75) is 10.2 Å². The first kappa shape index (κ1) is 25.4. The van der Waals surface area contributed by atoms with E-state index >= 15 is 0 Å². The number of hydrogen-bond donors (Lipinski definition) is 3. The van der Waals surface area contributed by atoms with Crippen molar-refractivity contribution in [3.63, 3.8) is 0 Å². The van der Waals surface area contributed by atoms with Gasteiger partial charge >= 0.3 is 5.97 Å². The van der Waals surface area contributed by atoms with Crippen molar-refractivity contribution in [2.24, 2.45) is 5.16 Å². The summed E-state index contributed by atoms with van der Waals surface area (Å²) < 4.78 is 4.02. The van der Waals surface area contributed by atoms with Crippen LogP contribution in [0.25, 0.3) is 6.08 Å². The first-order chi connectivity index (χ1) is 17.4. The highest BCUT2D eigenvalue weighted by Gasteiger charge is 2.65. The Bertz CT molecular complexity index is 1280. The number of hydrogen-bond acceptors (Lipinski definition) is 12. The zero-order chi connectivity index (χ0) is 25.7. The number of rotatable bonds is 10. The van der Waals surface area contributed by atoms with Crippen molar-refractivity contribution >= 4 is 69.8 Å². The van der Waals surface area contributed by atoms with Gasteiger partial charge in [-0.15, -0.1) is 11.8 Å². The highest BCUT2D eigenvalue weighted by Crippen LogP contribution is 2.50. The Kier molecular flexibility index (Phi) is 7.71. The zero-order valence-corrected chi connectivity index (χ0v) is 20.9. The van der Waals surface area contributed by atoms with Gasteiger partial charge < -0.3 is 21.0 Å². The highest BCUT2D eigenvalue weighted by molar-refractivity contribution is 8.07. The number of anilines is 1. The molecular weight excluding hydrogens is 526 g/mol. The molecule has 0 saturated carbocycles. The number of aliphatic carboxylic acids is 1. The van der Waals surface area contributed by atoms with Gasteiger partial charge in [0.1, 0.15) is 17.7 Å². The van der Waals surface area contributed by atoms with Crippen molar-refractivity contribution in [3.8, 4) is 0 Å². The molecule has 4 rings (SSSR count). The number of fused-ring (bicyclic) bond motifs is 1. The molecule has 2 aliphatic heterocycles. The molecule has 1 unspecified atom stereocenters. The molecule has 0 aliphatic carbocycles. The number of carboxylic acids is 1. The van der Waals surface area contributed by atoms with Gasteiger partial charge in [0.25, 0.3) is 11.8 Å². The topological polar surface area (TPSA) is 173 Å². The zero-order valence-electron chi connectivity index (χ0n) is 18.4. The minimum absolute atomic E-state index is 0.0149. The van der Waals surface area contributed by atoms with E-state index in [1.165, 1.54) is 23.9 Å². The number of β-lactam (4-membered cyclic amide) rings is 1. The average Bonchev–Trinajstić information content (AvgIpc) is 3.31. The number of aromatic nitrogens is 3. The maximum Gasteiger partial charge on any atom is 0.352 e. The summed E-state index contributed by atoms with van der Waals surface area (Å²) in [6, 6.07) is 5.36. The normalized spacial score (nSPS) is 21.4. The molecule has 0 spiro atoms. The molecular formula is C21H19N7O5S3. The summed E-state index contributed by atoms with van der Waals surface area (Å²) in [6.07, 6.45) is 6.20. The van der Waals surface area contributed by atoms with Crippen LogP contribution in [0.2, 0.25) is 0 Å². The minimum Gasteiger partial charge on any atom is -0.477 e. The predicted molar refractivity (Wildman–Crippen MR) is 138 cm³/mol. The molecule has 0 radical (unpaired) electrons. The number of carbonyl (C=O) groups is 3. The molecule has 1 fully saturated rings. The first-order valence-electron chi connectivity index (χ1n) is 10.2. The number of thioether (sulfide) groups is 2. The van der Waals surface area contributed by atoms with Crippen LogP contribution in [0.5, 0.6) is 0 Å². The number of oxime groups is 1. The molecule has 186 valence electrons. The lowest BCUT2D eigenvalue weighted by Gasteiger charge is -2.55. The third kappa shape index (κ3) is 4.98. The van der Waals surface area contributed by atoms with Gasteiger partial charge in [-0.1, -0.05) is 35.6 Å². The quantitative estimate of drug-likeness (QED) is 0.0986. The predicted octanol–water partition coefficient (Wildman–Crippen LogP) is 1.52. The molecule has 2 amide bonds. The highest BCUT2D eigenvalue weighted by atomic mass is 32.2. The van der Waals surface area contributed by atoms with Gasteiger partial charge in [-0.2, -0.15) is 9.36 Å². The first-order valence-corrected chi connectivity index (χ1v) is 12.9. The summed E-state index contributed by atoms with van der Waals surface area (Å²) in [4.78, 5) is 51.4. The smallest absolute Gasteiger partial charge is 0.352 e. The molecule has 0 aromatic carbocycles. The molecule has 1 saturated heterocycles. The largest absolute Gasteiger partial charge is 0.477 e. The lowest BCUT2D eigenvalue weighted by Crippen LogP contribution is -2.78. The summed E-state index contributed by atoms with van der Waals surface area (Å²) in [5.74, 6) is -2.37. The molecule has 2 aliphatic rings. The Balaban J connectivity index is 1.66. The molecule has 4 N–H and O–H groups in total. The number of carbonyl (C=O) groups excluding carboxylic acids is 2. The summed E-state index contributed by atoms with van der Waals surface area (Å²) in [5.41, 5.74) is 5.87. The van der Waals surface area contributed by atoms with E-state index in [4.69, 9.17) is 10.6 Å². The van der Waals surface area contributed by atoms with Crippen LogP contribution < -0.4 is 11.1 Å². The maximum atomic E-state index is 13.4. The van der Waals surface area contributed by atoms with Gasteiger partial charge in [-0.05, 0) is 29.7 Å². The SMILES string of the molecule is C=CCON=C(C(=O)NC1(SC=Cc2ccccn2)C(=O)N2C(C(=O)O)=CCS[C@H]21)c1nsc(N)n1. The summed E-state index contributed by atoms with van der Waals surface area (Å²) in [5, 5.41) is 17.1. The monoisotopic (exact) mass is 545 g/mol. The number of nitrogen functional groups attached to an aromatic ring is 1. The third-order valence-electron chi connectivity index (χ3n) is 4.82. The number of nitrogens with zero attached hydrogens (tertiary/aromatic N) is 5. The van der Waals surface area contributed by atoms with Crippen LogP contribution >= 0.6 is 35.1 Å². The van der Waals surface area contributed by atoms with Crippen LogP contribution in [0.15, 0.2) is 59.4 Å². The molecule has 2 aromatic heterocycles. The molecule has 0 bridgehead atoms. The molecule has 12 nitrogen and oxygen atoms in total. The van der Waals surface area contributed by atoms with Crippen LogP contribution in [-0.2, 0) is 19.2 Å². The van der Waals surface area contributed by atoms with Gasteiger partial charge in [0.15, 0.2) is 5.13 Å². The fourth-order valence-corrected chi connectivity index (χ4v) is 6.27. The Morgan fingerprint density at radius 1 is 1.47 bits per heavy atom. The number of pyridine rings is 1. The Labute approximate surface area is 217 Å². The van der Waals surface area contributed by atoms with E-state index in [0.29, 0.717) is 11.4 Å². The molecule has 2 atom stereocenters. The molecule has 36 heavy (non-hydrogen) atoms. The second-order valence-corrected chi connectivity index (χ2v) is 10.1. The summed E-state index contributed by atoms with van der Waals surface area (Å²) >= 11 is 3.21. The van der Waals surface area contributed by atoms with Crippen molar-refractivity contribution < 1.29 is 24.3 Å². The van der Waals surface area contributed by atoms with E-state index in [9.17, 15) is 19.5 Å². The van der Waals surface area contributed by atoms with E-state index in [1.807, 2.05) is 6.07 Å². The summed E-state index contributed by atoms with van der Waals surface area (Å²) in [6.45, 7) is 3.54. The van der Waals surface area contributed by atoms with Crippen LogP contribution in [0.3, 0.4) is 0 Å². The van der Waals surface area contributed by atoms with E-state index in [2.05, 4.69) is 31.4 Å². The number of nitrogens with one attached hydrogen (secondary N) is 1. The second-order valence-electron chi connectivity index (χ2n) is 7.10. The van der Waals surface area contributed by atoms with E-state index < -0.39 is 28.0 Å². The van der Waals surface area contributed by atoms with Crippen LogP contribution in [0, 0.1) is 0 Å².